The maximum absolute atomic E-state index is 12.1. The third kappa shape index (κ3) is 6.09. The molecular formula is C21H33N3O3. The van der Waals surface area contributed by atoms with Crippen molar-refractivity contribution in [3.05, 3.63) is 23.4 Å². The number of nitrogens with zero attached hydrogens (tertiary/aromatic N) is 2. The Balaban J connectivity index is 1.31. The third-order valence-electron chi connectivity index (χ3n) is 4.96. The van der Waals surface area contributed by atoms with Gasteiger partial charge in [0.25, 0.3) is 0 Å². The minimum Gasteiger partial charge on any atom is -0.444 e. The van der Waals surface area contributed by atoms with Gasteiger partial charge >= 0.3 is 6.09 Å². The maximum atomic E-state index is 12.1. The predicted octanol–water partition coefficient (Wildman–Crippen LogP) is 3.65. The lowest BCUT2D eigenvalue weighted by atomic mass is 10.1. The van der Waals surface area contributed by atoms with Gasteiger partial charge in [-0.2, -0.15) is 0 Å². The van der Waals surface area contributed by atoms with Crippen LogP contribution >= 0.6 is 0 Å². The topological polar surface area (TPSA) is 63.7 Å². The predicted molar refractivity (Wildman–Crippen MR) is 106 cm³/mol. The van der Waals surface area contributed by atoms with Gasteiger partial charge in [0.05, 0.1) is 6.61 Å². The highest BCUT2D eigenvalue weighted by atomic mass is 16.6. The molecule has 2 aliphatic rings. The number of carbonyl (C=O) groups is 1. The number of carbonyl (C=O) groups excluding carboxylic acids is 1. The Morgan fingerprint density at radius 1 is 1.37 bits per heavy atom. The zero-order valence-corrected chi connectivity index (χ0v) is 16.9. The van der Waals surface area contributed by atoms with E-state index in [1.54, 1.807) is 4.90 Å². The van der Waals surface area contributed by atoms with Crippen molar-refractivity contribution in [1.82, 2.24) is 9.88 Å². The Bertz CT molecular complexity index is 642. The molecule has 1 aromatic heterocycles. The van der Waals surface area contributed by atoms with Crippen molar-refractivity contribution in [3.63, 3.8) is 0 Å². The molecule has 6 heteroatoms. The number of hydrogen-bond donors (Lipinski definition) is 1. The lowest BCUT2D eigenvalue weighted by molar-refractivity contribution is 0.0274. The summed E-state index contributed by atoms with van der Waals surface area (Å²) in [6.07, 6.45) is 4.99. The fraction of sp³-hybridized carbons (Fsp3) is 0.714. The molecule has 1 N–H and O–H groups in total. The molecule has 0 aliphatic carbocycles. The minimum absolute atomic E-state index is 0.211. The quantitative estimate of drug-likeness (QED) is 0.769. The average molecular weight is 376 g/mol. The van der Waals surface area contributed by atoms with Crippen LogP contribution in [0.3, 0.4) is 0 Å². The molecule has 1 atom stereocenters. The van der Waals surface area contributed by atoms with Gasteiger partial charge in [0, 0.05) is 37.9 Å². The van der Waals surface area contributed by atoms with E-state index in [1.807, 2.05) is 20.8 Å². The fourth-order valence-electron chi connectivity index (χ4n) is 3.57. The molecule has 6 nitrogen and oxygen atoms in total. The molecule has 1 saturated heterocycles. The first-order chi connectivity index (χ1) is 12.9. The van der Waals surface area contributed by atoms with Crippen molar-refractivity contribution in [2.75, 3.05) is 38.2 Å². The van der Waals surface area contributed by atoms with Crippen LogP contribution in [0.5, 0.6) is 0 Å². The minimum atomic E-state index is -0.439. The first kappa shape index (κ1) is 19.9. The van der Waals surface area contributed by atoms with Gasteiger partial charge in [-0.05, 0) is 64.5 Å². The number of amides is 1. The molecule has 0 saturated carbocycles. The fourth-order valence-corrected chi connectivity index (χ4v) is 3.57. The average Bonchev–Trinajstić information content (AvgIpc) is 3.09. The summed E-state index contributed by atoms with van der Waals surface area (Å²) < 4.78 is 11.3. The van der Waals surface area contributed by atoms with Crippen LogP contribution in [-0.4, -0.2) is 54.4 Å². The highest BCUT2D eigenvalue weighted by Crippen LogP contribution is 2.21. The molecule has 150 valence electrons. The van der Waals surface area contributed by atoms with Crippen molar-refractivity contribution in [2.24, 2.45) is 5.92 Å². The lowest BCUT2D eigenvalue weighted by Gasteiger charge is -2.24. The standard InChI is InChI=1S/C21H33N3O3/c1-21(2,3)27-20(25)24-12-10-16(14-24)15-26-13-5-7-18-9-8-17-6-4-11-22-19(17)23-18/h8-9,16H,4-7,10-15H2,1-3H3,(H,22,23). The van der Waals surface area contributed by atoms with Crippen LogP contribution in [0.1, 0.15) is 51.3 Å². The van der Waals surface area contributed by atoms with Gasteiger partial charge < -0.3 is 19.7 Å². The van der Waals surface area contributed by atoms with Gasteiger partial charge in [-0.1, -0.05) is 6.07 Å². The Kier molecular flexibility index (Phi) is 6.58. The highest BCUT2D eigenvalue weighted by molar-refractivity contribution is 5.68. The second-order valence-corrected chi connectivity index (χ2v) is 8.60. The van der Waals surface area contributed by atoms with E-state index < -0.39 is 5.60 Å². The molecule has 3 rings (SSSR count). The molecule has 1 aromatic rings. The van der Waals surface area contributed by atoms with Crippen LogP contribution in [0.4, 0.5) is 10.6 Å². The SMILES string of the molecule is CC(C)(C)OC(=O)N1CCC(COCCCc2ccc3c(n2)NCCC3)C1. The first-order valence-electron chi connectivity index (χ1n) is 10.2. The van der Waals surface area contributed by atoms with E-state index in [4.69, 9.17) is 14.5 Å². The van der Waals surface area contributed by atoms with Gasteiger partial charge in [0.1, 0.15) is 11.4 Å². The maximum Gasteiger partial charge on any atom is 0.410 e. The van der Waals surface area contributed by atoms with Crippen molar-refractivity contribution in [3.8, 4) is 0 Å². The van der Waals surface area contributed by atoms with Gasteiger partial charge in [-0.3, -0.25) is 0 Å². The molecule has 3 heterocycles. The van der Waals surface area contributed by atoms with Crippen molar-refractivity contribution in [1.29, 1.82) is 0 Å². The summed E-state index contributed by atoms with van der Waals surface area (Å²) in [5, 5.41) is 3.38. The molecule has 0 spiro atoms. The van der Waals surface area contributed by atoms with Gasteiger partial charge in [-0.25, -0.2) is 9.78 Å². The Morgan fingerprint density at radius 3 is 3.04 bits per heavy atom. The van der Waals surface area contributed by atoms with E-state index >= 15 is 0 Å². The molecule has 0 radical (unpaired) electrons. The van der Waals surface area contributed by atoms with E-state index in [2.05, 4.69) is 17.4 Å². The van der Waals surface area contributed by atoms with Gasteiger partial charge in [0.15, 0.2) is 0 Å². The van der Waals surface area contributed by atoms with Gasteiger partial charge in [0.2, 0.25) is 0 Å². The molecule has 1 unspecified atom stereocenters. The Labute approximate surface area is 162 Å². The second kappa shape index (κ2) is 8.91. The van der Waals surface area contributed by atoms with E-state index in [0.29, 0.717) is 12.5 Å². The zero-order chi connectivity index (χ0) is 19.3. The number of rotatable bonds is 6. The van der Waals surface area contributed by atoms with Crippen molar-refractivity contribution in [2.45, 2.75) is 58.5 Å². The Morgan fingerprint density at radius 2 is 2.22 bits per heavy atom. The van der Waals surface area contributed by atoms with Crippen LogP contribution in [-0.2, 0) is 22.3 Å². The molecule has 1 fully saturated rings. The summed E-state index contributed by atoms with van der Waals surface area (Å²) in [6.45, 7) is 9.64. The number of hydrogen-bond acceptors (Lipinski definition) is 5. The normalized spacial score (nSPS) is 19.5. The van der Waals surface area contributed by atoms with Crippen LogP contribution in [0.25, 0.3) is 0 Å². The van der Waals surface area contributed by atoms with Crippen molar-refractivity contribution < 1.29 is 14.3 Å². The number of fused-ring (bicyclic) bond motifs is 1. The van der Waals surface area contributed by atoms with E-state index in [-0.39, 0.29) is 6.09 Å². The Hall–Kier alpha value is -1.82. The van der Waals surface area contributed by atoms with Crippen LogP contribution in [0.15, 0.2) is 12.1 Å². The molecular weight excluding hydrogens is 342 g/mol. The zero-order valence-electron chi connectivity index (χ0n) is 16.9. The molecule has 0 bridgehead atoms. The largest absolute Gasteiger partial charge is 0.444 e. The highest BCUT2D eigenvalue weighted by Gasteiger charge is 2.29. The second-order valence-electron chi connectivity index (χ2n) is 8.60. The summed E-state index contributed by atoms with van der Waals surface area (Å²) in [5.74, 6) is 1.47. The monoisotopic (exact) mass is 375 g/mol. The summed E-state index contributed by atoms with van der Waals surface area (Å²) in [7, 11) is 0. The van der Waals surface area contributed by atoms with Crippen LogP contribution in [0.2, 0.25) is 0 Å². The number of nitrogens with one attached hydrogen (secondary N) is 1. The lowest BCUT2D eigenvalue weighted by Crippen LogP contribution is -2.35. The number of anilines is 1. The number of aryl methyl sites for hydroxylation is 2. The third-order valence-corrected chi connectivity index (χ3v) is 4.96. The smallest absolute Gasteiger partial charge is 0.410 e. The first-order valence-corrected chi connectivity index (χ1v) is 10.2. The van der Waals surface area contributed by atoms with E-state index in [1.165, 1.54) is 12.0 Å². The molecule has 1 amide bonds. The number of pyridine rings is 1. The summed E-state index contributed by atoms with van der Waals surface area (Å²) in [4.78, 5) is 18.6. The summed E-state index contributed by atoms with van der Waals surface area (Å²) in [5.41, 5.74) is 2.02. The van der Waals surface area contributed by atoms with Gasteiger partial charge in [-0.15, -0.1) is 0 Å². The van der Waals surface area contributed by atoms with E-state index in [9.17, 15) is 4.79 Å². The number of likely N-dealkylation sites (tertiary alicyclic amines) is 1. The summed E-state index contributed by atoms with van der Waals surface area (Å²) in [6, 6.07) is 4.34. The molecule has 0 aromatic carbocycles. The molecule has 27 heavy (non-hydrogen) atoms. The number of ether oxygens (including phenoxy) is 2. The van der Waals surface area contributed by atoms with E-state index in [0.717, 1.165) is 63.4 Å². The number of aromatic nitrogens is 1. The van der Waals surface area contributed by atoms with Crippen LogP contribution < -0.4 is 5.32 Å². The van der Waals surface area contributed by atoms with Crippen molar-refractivity contribution >= 4 is 11.9 Å². The summed E-state index contributed by atoms with van der Waals surface area (Å²) >= 11 is 0. The molecule has 2 aliphatic heterocycles. The van der Waals surface area contributed by atoms with Crippen LogP contribution in [0, 0.1) is 5.92 Å².